The van der Waals surface area contributed by atoms with Gasteiger partial charge in [-0.1, -0.05) is 15.9 Å². The van der Waals surface area contributed by atoms with Gasteiger partial charge in [-0.15, -0.1) is 0 Å². The summed E-state index contributed by atoms with van der Waals surface area (Å²) < 4.78 is 11.8. The van der Waals surface area contributed by atoms with Gasteiger partial charge in [0.1, 0.15) is 0 Å². The lowest BCUT2D eigenvalue weighted by Gasteiger charge is -2.27. The van der Waals surface area contributed by atoms with Crippen LogP contribution in [0.3, 0.4) is 0 Å². The maximum atomic E-state index is 9.56. The number of rotatable bonds is 1. The number of nitrogens with one attached hydrogen (secondary N) is 1. The van der Waals surface area contributed by atoms with Crippen LogP contribution in [0.25, 0.3) is 0 Å². The van der Waals surface area contributed by atoms with Crippen LogP contribution in [0.1, 0.15) is 25.3 Å². The van der Waals surface area contributed by atoms with E-state index in [-0.39, 0.29) is 6.79 Å². The number of ether oxygens (including phenoxy) is 2. The highest BCUT2D eigenvalue weighted by molar-refractivity contribution is 9.10. The van der Waals surface area contributed by atoms with Crippen molar-refractivity contribution < 1.29 is 9.47 Å². The molecule has 0 aromatic heterocycles. The molecule has 5 nitrogen and oxygen atoms in total. The number of allylic oxidation sites excluding steroid dienone is 4. The van der Waals surface area contributed by atoms with Crippen LogP contribution in [0, 0.1) is 22.7 Å². The minimum absolute atomic E-state index is 0.138. The number of halogens is 1. The van der Waals surface area contributed by atoms with Crippen LogP contribution in [0.5, 0.6) is 11.5 Å². The zero-order chi connectivity index (χ0) is 15.9. The summed E-state index contributed by atoms with van der Waals surface area (Å²) in [7, 11) is 0. The van der Waals surface area contributed by atoms with Crippen LogP contribution >= 0.6 is 15.9 Å². The van der Waals surface area contributed by atoms with Crippen LogP contribution in [-0.4, -0.2) is 6.79 Å². The van der Waals surface area contributed by atoms with Gasteiger partial charge in [0.2, 0.25) is 6.79 Å². The van der Waals surface area contributed by atoms with E-state index in [2.05, 4.69) is 33.4 Å². The van der Waals surface area contributed by atoms with Crippen molar-refractivity contribution in [1.82, 2.24) is 5.32 Å². The third-order valence-electron chi connectivity index (χ3n) is 3.81. The van der Waals surface area contributed by atoms with E-state index in [9.17, 15) is 10.5 Å². The fraction of sp³-hybridized carbons (Fsp3) is 0.250. The van der Waals surface area contributed by atoms with Crippen molar-refractivity contribution >= 4 is 15.9 Å². The highest BCUT2D eigenvalue weighted by Gasteiger charge is 2.35. The number of nitrogens with zero attached hydrogens (tertiary/aromatic N) is 2. The van der Waals surface area contributed by atoms with Crippen molar-refractivity contribution in [3.8, 4) is 23.6 Å². The molecule has 0 radical (unpaired) electrons. The van der Waals surface area contributed by atoms with E-state index in [1.54, 1.807) is 0 Å². The molecule has 0 saturated heterocycles. The first kappa shape index (κ1) is 14.5. The molecule has 2 heterocycles. The van der Waals surface area contributed by atoms with Gasteiger partial charge in [-0.05, 0) is 26.0 Å². The Labute approximate surface area is 136 Å². The normalized spacial score (nSPS) is 17.1. The zero-order valence-electron chi connectivity index (χ0n) is 12.0. The smallest absolute Gasteiger partial charge is 0.231 e. The molecule has 3 rings (SSSR count). The number of benzene rings is 1. The van der Waals surface area contributed by atoms with Crippen LogP contribution in [-0.2, 0) is 0 Å². The Kier molecular flexibility index (Phi) is 3.56. The van der Waals surface area contributed by atoms with Gasteiger partial charge in [-0.2, -0.15) is 10.5 Å². The molecule has 1 aromatic carbocycles. The summed E-state index contributed by atoms with van der Waals surface area (Å²) in [5.41, 5.74) is 3.25. The molecule has 1 N–H and O–H groups in total. The molecule has 6 heteroatoms. The molecule has 22 heavy (non-hydrogen) atoms. The van der Waals surface area contributed by atoms with Gasteiger partial charge in [0, 0.05) is 21.4 Å². The Balaban J connectivity index is 2.30. The summed E-state index contributed by atoms with van der Waals surface area (Å²) in [6, 6.07) is 8.09. The van der Waals surface area contributed by atoms with Crippen molar-refractivity contribution in [3.63, 3.8) is 0 Å². The predicted octanol–water partition coefficient (Wildman–Crippen LogP) is 3.46. The van der Waals surface area contributed by atoms with Crippen molar-refractivity contribution in [2.24, 2.45) is 0 Å². The molecule has 0 fully saturated rings. The predicted molar refractivity (Wildman–Crippen MR) is 82.8 cm³/mol. The number of fused-ring (bicyclic) bond motifs is 1. The first-order valence-corrected chi connectivity index (χ1v) is 7.44. The third kappa shape index (κ3) is 2.04. The fourth-order valence-corrected chi connectivity index (χ4v) is 3.36. The molecule has 2 aliphatic rings. The van der Waals surface area contributed by atoms with Crippen molar-refractivity contribution in [2.45, 2.75) is 19.8 Å². The minimum Gasteiger partial charge on any atom is -0.454 e. The first-order chi connectivity index (χ1) is 10.6. The molecule has 0 atom stereocenters. The number of nitriles is 2. The van der Waals surface area contributed by atoms with Crippen LogP contribution < -0.4 is 14.8 Å². The molecule has 0 saturated carbocycles. The Bertz CT molecular complexity index is 776. The maximum absolute atomic E-state index is 9.56. The Hall–Kier alpha value is -2.44. The van der Waals surface area contributed by atoms with Gasteiger partial charge in [0.25, 0.3) is 0 Å². The van der Waals surface area contributed by atoms with E-state index in [1.807, 2.05) is 26.0 Å². The SMILES string of the molecule is CC1=C(C#N)C(c2c(Br)ccc3c2OCO3)C(C#N)=C(C)N1. The fourth-order valence-electron chi connectivity index (χ4n) is 2.82. The lowest BCUT2D eigenvalue weighted by atomic mass is 9.81. The number of hydrogen-bond donors (Lipinski definition) is 1. The molecule has 0 amide bonds. The Morgan fingerprint density at radius 3 is 2.36 bits per heavy atom. The summed E-state index contributed by atoms with van der Waals surface area (Å²) in [5.74, 6) is 0.742. The second kappa shape index (κ2) is 5.40. The molecular weight excluding hydrogens is 346 g/mol. The van der Waals surface area contributed by atoms with E-state index in [0.29, 0.717) is 22.6 Å². The molecule has 0 spiro atoms. The maximum Gasteiger partial charge on any atom is 0.231 e. The van der Waals surface area contributed by atoms with Gasteiger partial charge < -0.3 is 14.8 Å². The van der Waals surface area contributed by atoms with E-state index in [4.69, 9.17) is 9.47 Å². The monoisotopic (exact) mass is 357 g/mol. The van der Waals surface area contributed by atoms with E-state index in [0.717, 1.165) is 21.4 Å². The highest BCUT2D eigenvalue weighted by atomic mass is 79.9. The quantitative estimate of drug-likeness (QED) is 0.832. The van der Waals surface area contributed by atoms with Crippen LogP contribution in [0.15, 0.2) is 39.1 Å². The van der Waals surface area contributed by atoms with Crippen LogP contribution in [0.4, 0.5) is 0 Å². The highest BCUT2D eigenvalue weighted by Crippen LogP contribution is 2.49. The average molecular weight is 358 g/mol. The molecule has 1 aromatic rings. The van der Waals surface area contributed by atoms with Crippen LogP contribution in [0.2, 0.25) is 0 Å². The third-order valence-corrected chi connectivity index (χ3v) is 4.51. The largest absolute Gasteiger partial charge is 0.454 e. The number of hydrogen-bond acceptors (Lipinski definition) is 5. The van der Waals surface area contributed by atoms with Crippen molar-refractivity contribution in [3.05, 3.63) is 44.7 Å². The Morgan fingerprint density at radius 1 is 1.14 bits per heavy atom. The van der Waals surface area contributed by atoms with Gasteiger partial charge >= 0.3 is 0 Å². The summed E-state index contributed by atoms with van der Waals surface area (Å²) in [6.45, 7) is 3.80. The lowest BCUT2D eigenvalue weighted by molar-refractivity contribution is 0.173. The zero-order valence-corrected chi connectivity index (χ0v) is 13.6. The number of dihydropyridines is 1. The van der Waals surface area contributed by atoms with Crippen molar-refractivity contribution in [2.75, 3.05) is 6.79 Å². The summed E-state index contributed by atoms with van der Waals surface area (Å²) in [6.07, 6.45) is 0. The standard InChI is InChI=1S/C16H12BrN3O2/c1-8-10(5-18)14(11(6-19)9(2)20-8)15-12(17)3-4-13-16(15)22-7-21-13/h3-4,14,20H,7H2,1-2H3. The lowest BCUT2D eigenvalue weighted by Crippen LogP contribution is -2.23. The molecular formula is C16H12BrN3O2. The molecule has 0 aliphatic carbocycles. The van der Waals surface area contributed by atoms with Gasteiger partial charge in [-0.3, -0.25) is 0 Å². The van der Waals surface area contributed by atoms with Gasteiger partial charge in [0.05, 0.1) is 29.2 Å². The topological polar surface area (TPSA) is 78.1 Å². The van der Waals surface area contributed by atoms with Gasteiger partial charge in [-0.25, -0.2) is 0 Å². The van der Waals surface area contributed by atoms with E-state index in [1.165, 1.54) is 0 Å². The minimum atomic E-state index is -0.470. The second-order valence-corrected chi connectivity index (χ2v) is 5.91. The summed E-state index contributed by atoms with van der Waals surface area (Å²) in [5, 5.41) is 22.2. The summed E-state index contributed by atoms with van der Waals surface area (Å²) >= 11 is 3.52. The summed E-state index contributed by atoms with van der Waals surface area (Å²) in [4.78, 5) is 0. The molecule has 0 unspecified atom stereocenters. The average Bonchev–Trinajstić information content (AvgIpc) is 2.95. The molecule has 0 bridgehead atoms. The Morgan fingerprint density at radius 2 is 1.77 bits per heavy atom. The van der Waals surface area contributed by atoms with E-state index < -0.39 is 5.92 Å². The first-order valence-electron chi connectivity index (χ1n) is 6.65. The van der Waals surface area contributed by atoms with Gasteiger partial charge in [0.15, 0.2) is 11.5 Å². The molecule has 110 valence electrons. The second-order valence-electron chi connectivity index (χ2n) is 5.05. The molecule has 2 aliphatic heterocycles. The van der Waals surface area contributed by atoms with E-state index >= 15 is 0 Å². The van der Waals surface area contributed by atoms with Crippen molar-refractivity contribution in [1.29, 1.82) is 10.5 Å².